The van der Waals surface area contributed by atoms with E-state index in [1.807, 2.05) is 30.3 Å². The maximum absolute atomic E-state index is 6.10. The van der Waals surface area contributed by atoms with Gasteiger partial charge < -0.3 is 9.73 Å². The van der Waals surface area contributed by atoms with Crippen molar-refractivity contribution in [2.45, 2.75) is 13.1 Å². The summed E-state index contributed by atoms with van der Waals surface area (Å²) in [5.41, 5.74) is 1.89. The Labute approximate surface area is 127 Å². The zero-order valence-corrected chi connectivity index (χ0v) is 11.9. The van der Waals surface area contributed by atoms with Crippen LogP contribution in [0.5, 0.6) is 0 Å². The third-order valence-corrected chi connectivity index (χ3v) is 3.26. The maximum Gasteiger partial charge on any atom is 0.249 e. The molecule has 0 fully saturated rings. The average Bonchev–Trinajstić information content (AvgIpc) is 2.97. The van der Waals surface area contributed by atoms with E-state index in [0.717, 1.165) is 11.1 Å². The van der Waals surface area contributed by atoms with Gasteiger partial charge in [0.25, 0.3) is 0 Å². The second-order valence-corrected chi connectivity index (χ2v) is 4.85. The number of aromatic nitrogens is 3. The van der Waals surface area contributed by atoms with E-state index in [0.29, 0.717) is 29.9 Å². The van der Waals surface area contributed by atoms with Gasteiger partial charge in [0.05, 0.1) is 17.1 Å². The van der Waals surface area contributed by atoms with E-state index < -0.39 is 0 Å². The molecule has 2 heterocycles. The summed E-state index contributed by atoms with van der Waals surface area (Å²) < 4.78 is 5.61. The molecule has 3 rings (SSSR count). The number of halogens is 1. The van der Waals surface area contributed by atoms with Crippen LogP contribution in [0, 0.1) is 0 Å². The fraction of sp³-hybridized carbons (Fsp3) is 0.133. The summed E-state index contributed by atoms with van der Waals surface area (Å²) in [6.45, 7) is 1.21. The third-order valence-electron chi connectivity index (χ3n) is 2.93. The number of rotatable bonds is 5. The van der Waals surface area contributed by atoms with E-state index in [4.69, 9.17) is 16.0 Å². The summed E-state index contributed by atoms with van der Waals surface area (Å²) in [5, 5.41) is 11.9. The summed E-state index contributed by atoms with van der Waals surface area (Å²) in [5.74, 6) is 0.959. The van der Waals surface area contributed by atoms with Crippen LogP contribution in [-0.4, -0.2) is 15.2 Å². The molecule has 0 aliphatic heterocycles. The molecule has 0 saturated heterocycles. The standard InChI is InChI=1S/C15H13ClN4O/c16-13-4-2-1-3-12(13)15-20-19-14(21-15)10-18-9-11-5-7-17-8-6-11/h1-8,18H,9-10H2. The largest absolute Gasteiger partial charge is 0.419 e. The monoisotopic (exact) mass is 300 g/mol. The molecule has 3 aromatic rings. The first-order chi connectivity index (χ1) is 10.3. The lowest BCUT2D eigenvalue weighted by atomic mass is 10.2. The highest BCUT2D eigenvalue weighted by Crippen LogP contribution is 2.26. The Morgan fingerprint density at radius 3 is 2.62 bits per heavy atom. The van der Waals surface area contributed by atoms with Crippen LogP contribution in [0.25, 0.3) is 11.5 Å². The first-order valence-electron chi connectivity index (χ1n) is 6.50. The Hall–Kier alpha value is -2.24. The lowest BCUT2D eigenvalue weighted by Crippen LogP contribution is -2.12. The van der Waals surface area contributed by atoms with Crippen molar-refractivity contribution in [2.75, 3.05) is 0 Å². The highest BCUT2D eigenvalue weighted by molar-refractivity contribution is 6.33. The van der Waals surface area contributed by atoms with Crippen LogP contribution in [0.3, 0.4) is 0 Å². The zero-order chi connectivity index (χ0) is 14.5. The van der Waals surface area contributed by atoms with E-state index in [1.54, 1.807) is 18.5 Å². The fourth-order valence-corrected chi connectivity index (χ4v) is 2.10. The smallest absolute Gasteiger partial charge is 0.249 e. The highest BCUT2D eigenvalue weighted by Gasteiger charge is 2.10. The van der Waals surface area contributed by atoms with Gasteiger partial charge in [-0.25, -0.2) is 0 Å². The Balaban J connectivity index is 1.62. The van der Waals surface area contributed by atoms with Gasteiger partial charge in [-0.15, -0.1) is 10.2 Å². The number of nitrogens with one attached hydrogen (secondary N) is 1. The van der Waals surface area contributed by atoms with Crippen LogP contribution in [0.1, 0.15) is 11.5 Å². The van der Waals surface area contributed by atoms with Crippen molar-refractivity contribution < 1.29 is 4.42 Å². The van der Waals surface area contributed by atoms with Crippen molar-refractivity contribution in [1.29, 1.82) is 0 Å². The molecule has 21 heavy (non-hydrogen) atoms. The molecule has 0 aliphatic rings. The molecule has 0 amide bonds. The maximum atomic E-state index is 6.10. The fourth-order valence-electron chi connectivity index (χ4n) is 1.88. The minimum Gasteiger partial charge on any atom is -0.419 e. The molecule has 2 aromatic heterocycles. The highest BCUT2D eigenvalue weighted by atomic mass is 35.5. The molecule has 0 aliphatic carbocycles. The summed E-state index contributed by atoms with van der Waals surface area (Å²) in [6, 6.07) is 11.3. The third kappa shape index (κ3) is 3.45. The van der Waals surface area contributed by atoms with Crippen molar-refractivity contribution in [3.8, 4) is 11.5 Å². The van der Waals surface area contributed by atoms with Crippen LogP contribution < -0.4 is 5.32 Å². The van der Waals surface area contributed by atoms with E-state index in [1.165, 1.54) is 0 Å². The summed E-state index contributed by atoms with van der Waals surface area (Å²) in [6.07, 6.45) is 3.53. The summed E-state index contributed by atoms with van der Waals surface area (Å²) in [7, 11) is 0. The van der Waals surface area contributed by atoms with E-state index in [9.17, 15) is 0 Å². The Kier molecular flexibility index (Phi) is 4.23. The van der Waals surface area contributed by atoms with Gasteiger partial charge in [-0.3, -0.25) is 4.98 Å². The lowest BCUT2D eigenvalue weighted by molar-refractivity contribution is 0.477. The molecule has 6 heteroatoms. The van der Waals surface area contributed by atoms with Gasteiger partial charge >= 0.3 is 0 Å². The first kappa shape index (κ1) is 13.7. The van der Waals surface area contributed by atoms with Crippen molar-refractivity contribution in [2.24, 2.45) is 0 Å². The quantitative estimate of drug-likeness (QED) is 0.784. The molecule has 0 unspecified atom stereocenters. The minimum absolute atomic E-state index is 0.432. The van der Waals surface area contributed by atoms with Crippen LogP contribution >= 0.6 is 11.6 Å². The molecule has 0 spiro atoms. The summed E-state index contributed by atoms with van der Waals surface area (Å²) >= 11 is 6.10. The second kappa shape index (κ2) is 6.47. The van der Waals surface area contributed by atoms with Gasteiger partial charge in [-0.1, -0.05) is 23.7 Å². The van der Waals surface area contributed by atoms with Crippen molar-refractivity contribution in [3.05, 3.63) is 65.3 Å². The zero-order valence-electron chi connectivity index (χ0n) is 11.2. The van der Waals surface area contributed by atoms with Gasteiger partial charge in [0.15, 0.2) is 0 Å². The minimum atomic E-state index is 0.432. The number of benzene rings is 1. The van der Waals surface area contributed by atoms with Crippen molar-refractivity contribution >= 4 is 11.6 Å². The molecule has 0 atom stereocenters. The Bertz CT molecular complexity index is 714. The molecular formula is C15H13ClN4O. The molecular weight excluding hydrogens is 288 g/mol. The molecule has 0 radical (unpaired) electrons. The van der Waals surface area contributed by atoms with E-state index >= 15 is 0 Å². The van der Waals surface area contributed by atoms with E-state index in [-0.39, 0.29) is 0 Å². The molecule has 5 nitrogen and oxygen atoms in total. The normalized spacial score (nSPS) is 10.7. The van der Waals surface area contributed by atoms with Gasteiger partial charge in [-0.2, -0.15) is 0 Å². The number of pyridine rings is 1. The molecule has 0 bridgehead atoms. The first-order valence-corrected chi connectivity index (χ1v) is 6.87. The molecule has 1 N–H and O–H groups in total. The van der Waals surface area contributed by atoms with Gasteiger partial charge in [0, 0.05) is 18.9 Å². The number of hydrogen-bond donors (Lipinski definition) is 1. The average molecular weight is 301 g/mol. The van der Waals surface area contributed by atoms with Gasteiger partial charge in [-0.05, 0) is 29.8 Å². The van der Waals surface area contributed by atoms with Gasteiger partial charge in [0.1, 0.15) is 0 Å². The van der Waals surface area contributed by atoms with E-state index in [2.05, 4.69) is 20.5 Å². The Morgan fingerprint density at radius 2 is 1.81 bits per heavy atom. The van der Waals surface area contributed by atoms with Gasteiger partial charge in [0.2, 0.25) is 11.8 Å². The summed E-state index contributed by atoms with van der Waals surface area (Å²) in [4.78, 5) is 3.98. The lowest BCUT2D eigenvalue weighted by Gasteiger charge is -2.01. The van der Waals surface area contributed by atoms with Crippen LogP contribution in [0.15, 0.2) is 53.2 Å². The van der Waals surface area contributed by atoms with Crippen LogP contribution in [-0.2, 0) is 13.1 Å². The number of hydrogen-bond acceptors (Lipinski definition) is 5. The predicted octanol–water partition coefficient (Wildman–Crippen LogP) is 3.07. The molecule has 106 valence electrons. The Morgan fingerprint density at radius 1 is 1.00 bits per heavy atom. The number of nitrogens with zero attached hydrogens (tertiary/aromatic N) is 3. The van der Waals surface area contributed by atoms with Crippen LogP contribution in [0.4, 0.5) is 0 Å². The van der Waals surface area contributed by atoms with Crippen molar-refractivity contribution in [1.82, 2.24) is 20.5 Å². The topological polar surface area (TPSA) is 63.8 Å². The second-order valence-electron chi connectivity index (χ2n) is 4.44. The molecule has 0 saturated carbocycles. The molecule has 1 aromatic carbocycles. The van der Waals surface area contributed by atoms with Crippen LogP contribution in [0.2, 0.25) is 5.02 Å². The predicted molar refractivity (Wildman–Crippen MR) is 79.5 cm³/mol. The van der Waals surface area contributed by atoms with Crippen molar-refractivity contribution in [3.63, 3.8) is 0 Å². The SMILES string of the molecule is Clc1ccccc1-c1nnc(CNCc2ccncc2)o1.